The maximum absolute atomic E-state index is 6.77. The van der Waals surface area contributed by atoms with E-state index < -0.39 is 0 Å². The predicted octanol–water partition coefficient (Wildman–Crippen LogP) is 10.7. The molecule has 42 heavy (non-hydrogen) atoms. The highest BCUT2D eigenvalue weighted by atomic mass is 35.5. The molecule has 0 N–H and O–H groups in total. The van der Waals surface area contributed by atoms with Gasteiger partial charge in [-0.3, -0.25) is 0 Å². The molecule has 0 atom stereocenters. The molecule has 0 saturated carbocycles. The van der Waals surface area contributed by atoms with Gasteiger partial charge in [0.1, 0.15) is 0 Å². The zero-order valence-corrected chi connectivity index (χ0v) is 23.9. The minimum atomic E-state index is 0.628. The quantitative estimate of drug-likeness (QED) is 0.209. The highest BCUT2D eigenvalue weighted by Gasteiger charge is 2.18. The molecule has 0 aliphatic rings. The van der Waals surface area contributed by atoms with Crippen LogP contribution in [-0.2, 0) is 0 Å². The molecule has 0 radical (unpaired) electrons. The molecule has 5 heteroatoms. The summed E-state index contributed by atoms with van der Waals surface area (Å²) in [7, 11) is 0. The number of nitrogens with zero attached hydrogens (tertiary/aromatic N) is 3. The Kier molecular flexibility index (Phi) is 6.03. The van der Waals surface area contributed by atoms with Crippen LogP contribution in [0, 0.1) is 0 Å². The molecule has 0 aliphatic heterocycles. The lowest BCUT2D eigenvalue weighted by Crippen LogP contribution is -2.00. The molecule has 2 heterocycles. The summed E-state index contributed by atoms with van der Waals surface area (Å²) in [5.41, 5.74) is 5.14. The number of rotatable bonds is 4. The van der Waals surface area contributed by atoms with Crippen LogP contribution in [-0.4, -0.2) is 15.0 Å². The largest absolute Gasteiger partial charge is 0.208 e. The fourth-order valence-electron chi connectivity index (χ4n) is 5.49. The van der Waals surface area contributed by atoms with E-state index in [1.54, 1.807) is 11.3 Å². The van der Waals surface area contributed by atoms with E-state index in [4.69, 9.17) is 26.6 Å². The van der Waals surface area contributed by atoms with Crippen LogP contribution in [0.25, 0.3) is 76.2 Å². The Morgan fingerprint density at radius 3 is 1.93 bits per heavy atom. The lowest BCUT2D eigenvalue weighted by molar-refractivity contribution is 1.08. The van der Waals surface area contributed by atoms with E-state index in [0.29, 0.717) is 17.5 Å². The van der Waals surface area contributed by atoms with E-state index in [0.717, 1.165) is 48.1 Å². The third-order valence-electron chi connectivity index (χ3n) is 7.61. The zero-order chi connectivity index (χ0) is 28.0. The number of hydrogen-bond acceptors (Lipinski definition) is 4. The molecule has 3 nitrogen and oxygen atoms in total. The van der Waals surface area contributed by atoms with Crippen molar-refractivity contribution >= 4 is 53.9 Å². The molecule has 2 aromatic heterocycles. The Bertz CT molecular complexity index is 2260. The molecule has 0 spiro atoms. The average Bonchev–Trinajstić information content (AvgIpc) is 3.45. The fourth-order valence-corrected chi connectivity index (χ4v) is 7.04. The summed E-state index contributed by atoms with van der Waals surface area (Å²) in [4.78, 5) is 15.1. The van der Waals surface area contributed by atoms with Crippen molar-refractivity contribution in [1.82, 2.24) is 15.0 Å². The van der Waals surface area contributed by atoms with E-state index in [-0.39, 0.29) is 0 Å². The van der Waals surface area contributed by atoms with Crippen molar-refractivity contribution in [3.8, 4) is 45.3 Å². The van der Waals surface area contributed by atoms with Gasteiger partial charge in [-0.15, -0.1) is 11.3 Å². The smallest absolute Gasteiger partial charge is 0.165 e. The van der Waals surface area contributed by atoms with Crippen molar-refractivity contribution in [1.29, 1.82) is 0 Å². The number of halogens is 1. The van der Waals surface area contributed by atoms with Crippen LogP contribution in [0.3, 0.4) is 0 Å². The minimum Gasteiger partial charge on any atom is -0.208 e. The summed E-state index contributed by atoms with van der Waals surface area (Å²) in [6.07, 6.45) is 0. The highest BCUT2D eigenvalue weighted by molar-refractivity contribution is 7.26. The fraction of sp³-hybridized carbons (Fsp3) is 0. The van der Waals surface area contributed by atoms with Crippen molar-refractivity contribution in [3.05, 3.63) is 138 Å². The number of benzene rings is 6. The first kappa shape index (κ1) is 24.9. The second-order valence-corrected chi connectivity index (χ2v) is 11.7. The lowest BCUT2D eigenvalue weighted by atomic mass is 10.0. The van der Waals surface area contributed by atoms with Gasteiger partial charge in [-0.25, -0.2) is 15.0 Å². The van der Waals surface area contributed by atoms with Crippen molar-refractivity contribution in [2.45, 2.75) is 0 Å². The van der Waals surface area contributed by atoms with Crippen LogP contribution in [0.5, 0.6) is 0 Å². The van der Waals surface area contributed by atoms with E-state index in [1.165, 1.54) is 15.6 Å². The molecule has 8 aromatic rings. The van der Waals surface area contributed by atoms with Crippen LogP contribution in [0.4, 0.5) is 0 Å². The number of fused-ring (bicyclic) bond motifs is 4. The predicted molar refractivity (Wildman–Crippen MR) is 177 cm³/mol. The maximum Gasteiger partial charge on any atom is 0.165 e. The van der Waals surface area contributed by atoms with Crippen LogP contribution in [0.1, 0.15) is 0 Å². The SMILES string of the molecule is Clc1ccc(-c2nc(-c3ccc(-c4ccccc4)cc3)nc(-c3ccc4ccccc4c3)n2)c2sc3ccccc3c12. The molecular weight excluding hydrogens is 554 g/mol. The molecule has 0 bridgehead atoms. The van der Waals surface area contributed by atoms with Gasteiger partial charge in [0.25, 0.3) is 0 Å². The summed E-state index contributed by atoms with van der Waals surface area (Å²) in [6.45, 7) is 0. The topological polar surface area (TPSA) is 38.7 Å². The summed E-state index contributed by atoms with van der Waals surface area (Å²) < 4.78 is 2.26. The van der Waals surface area contributed by atoms with Crippen molar-refractivity contribution in [2.75, 3.05) is 0 Å². The van der Waals surface area contributed by atoms with Gasteiger partial charge in [0.2, 0.25) is 0 Å². The van der Waals surface area contributed by atoms with Crippen LogP contribution in [0.15, 0.2) is 133 Å². The molecule has 8 rings (SSSR count). The first-order valence-corrected chi connectivity index (χ1v) is 14.9. The summed E-state index contributed by atoms with van der Waals surface area (Å²) in [5.74, 6) is 1.90. The molecule has 6 aromatic carbocycles. The number of hydrogen-bond donors (Lipinski definition) is 0. The minimum absolute atomic E-state index is 0.628. The van der Waals surface area contributed by atoms with Gasteiger partial charge in [-0.1, -0.05) is 121 Å². The Labute approximate surface area is 251 Å². The van der Waals surface area contributed by atoms with Crippen LogP contribution in [0.2, 0.25) is 5.02 Å². The number of thiophene rings is 1. The summed E-state index contributed by atoms with van der Waals surface area (Å²) in [5, 5.41) is 5.23. The van der Waals surface area contributed by atoms with Gasteiger partial charge in [-0.05, 0) is 46.2 Å². The van der Waals surface area contributed by atoms with Crippen molar-refractivity contribution in [2.24, 2.45) is 0 Å². The third kappa shape index (κ3) is 4.33. The van der Waals surface area contributed by atoms with Gasteiger partial charge in [-0.2, -0.15) is 0 Å². The normalized spacial score (nSPS) is 11.5. The molecule has 0 saturated heterocycles. The molecule has 0 aliphatic carbocycles. The molecular formula is C37H22ClN3S. The first-order chi connectivity index (χ1) is 20.7. The third-order valence-corrected chi connectivity index (χ3v) is 9.13. The molecule has 198 valence electrons. The average molecular weight is 576 g/mol. The Morgan fingerprint density at radius 1 is 0.476 bits per heavy atom. The summed E-state index contributed by atoms with van der Waals surface area (Å²) >= 11 is 8.48. The van der Waals surface area contributed by atoms with E-state index in [1.807, 2.05) is 18.2 Å². The Hall–Kier alpha value is -4.90. The van der Waals surface area contributed by atoms with E-state index in [2.05, 4.69) is 115 Å². The zero-order valence-electron chi connectivity index (χ0n) is 22.3. The monoisotopic (exact) mass is 575 g/mol. The van der Waals surface area contributed by atoms with Crippen LogP contribution < -0.4 is 0 Å². The molecule has 0 amide bonds. The second-order valence-electron chi connectivity index (χ2n) is 10.2. The Balaban J connectivity index is 1.34. The van der Waals surface area contributed by atoms with E-state index in [9.17, 15) is 0 Å². The number of aromatic nitrogens is 3. The van der Waals surface area contributed by atoms with Gasteiger partial charge < -0.3 is 0 Å². The van der Waals surface area contributed by atoms with Crippen molar-refractivity contribution < 1.29 is 0 Å². The van der Waals surface area contributed by atoms with Crippen molar-refractivity contribution in [3.63, 3.8) is 0 Å². The van der Waals surface area contributed by atoms with Gasteiger partial charge in [0.15, 0.2) is 17.5 Å². The molecule has 0 fully saturated rings. The maximum atomic E-state index is 6.77. The van der Waals surface area contributed by atoms with Gasteiger partial charge >= 0.3 is 0 Å². The summed E-state index contributed by atoms with van der Waals surface area (Å²) in [6, 6.07) is 45.8. The first-order valence-electron chi connectivity index (χ1n) is 13.7. The lowest BCUT2D eigenvalue weighted by Gasteiger charge is -2.11. The van der Waals surface area contributed by atoms with Gasteiger partial charge in [0.05, 0.1) is 0 Å². The van der Waals surface area contributed by atoms with E-state index >= 15 is 0 Å². The second kappa shape index (κ2) is 10.2. The highest BCUT2D eigenvalue weighted by Crippen LogP contribution is 2.43. The molecule has 0 unspecified atom stereocenters. The van der Waals surface area contributed by atoms with Crippen LogP contribution >= 0.6 is 22.9 Å². The Morgan fingerprint density at radius 2 is 1.10 bits per heavy atom. The van der Waals surface area contributed by atoms with Gasteiger partial charge in [0, 0.05) is 41.9 Å². The standard InChI is InChI=1S/C37H22ClN3S/c38-31-21-20-30(34-33(31)29-12-6-7-13-32(29)42-34)37-40-35(26-17-14-25(15-18-26)23-8-2-1-3-9-23)39-36(41-37)28-19-16-24-10-4-5-11-27(24)22-28/h1-22H.